The number of ether oxygens (including phenoxy) is 1. The van der Waals surface area contributed by atoms with E-state index in [-0.39, 0.29) is 23.5 Å². The average molecular weight is 410 g/mol. The second-order valence-electron chi connectivity index (χ2n) is 7.03. The first kappa shape index (κ1) is 19.6. The fourth-order valence-corrected chi connectivity index (χ4v) is 4.41. The van der Waals surface area contributed by atoms with E-state index in [2.05, 4.69) is 10.0 Å². The summed E-state index contributed by atoms with van der Waals surface area (Å²) in [6, 6.07) is 19.5. The van der Waals surface area contributed by atoms with Crippen LogP contribution < -0.4 is 10.0 Å². The van der Waals surface area contributed by atoms with Crippen molar-refractivity contribution in [3.8, 4) is 0 Å². The first-order valence-electron chi connectivity index (χ1n) is 9.53. The Bertz CT molecular complexity index is 1120. The number of benzene rings is 3. The minimum Gasteiger partial charge on any atom is -0.377 e. The SMILES string of the molecule is O=C(Nc1ccc2ccccc2c1)c1ccc(S(=O)(=O)NCC2CCCO2)cc1. The number of nitrogens with one attached hydrogen (secondary N) is 2. The van der Waals surface area contributed by atoms with Gasteiger partial charge in [0.25, 0.3) is 5.91 Å². The van der Waals surface area contributed by atoms with Gasteiger partial charge in [0.1, 0.15) is 0 Å². The normalized spacial score (nSPS) is 16.8. The van der Waals surface area contributed by atoms with Crippen LogP contribution in [0.1, 0.15) is 23.2 Å². The molecule has 0 bridgehead atoms. The standard InChI is InChI=1S/C22H22N2O4S/c25-22(24-19-10-7-16-4-1-2-5-18(16)14-19)17-8-11-21(12-9-17)29(26,27)23-15-20-6-3-13-28-20/h1-2,4-5,7-12,14,20,23H,3,6,13,15H2,(H,24,25). The lowest BCUT2D eigenvalue weighted by molar-refractivity contribution is 0.102. The summed E-state index contributed by atoms with van der Waals surface area (Å²) in [6.45, 7) is 0.931. The zero-order valence-electron chi connectivity index (χ0n) is 15.8. The summed E-state index contributed by atoms with van der Waals surface area (Å²) >= 11 is 0. The van der Waals surface area contributed by atoms with Gasteiger partial charge in [0.05, 0.1) is 11.0 Å². The van der Waals surface area contributed by atoms with Crippen molar-refractivity contribution in [2.75, 3.05) is 18.5 Å². The van der Waals surface area contributed by atoms with Gasteiger partial charge in [-0.05, 0) is 60.0 Å². The Hall–Kier alpha value is -2.74. The first-order chi connectivity index (χ1) is 14.0. The highest BCUT2D eigenvalue weighted by atomic mass is 32.2. The van der Waals surface area contributed by atoms with Crippen molar-refractivity contribution in [1.82, 2.24) is 4.72 Å². The van der Waals surface area contributed by atoms with E-state index in [1.54, 1.807) is 0 Å². The van der Waals surface area contributed by atoms with Crippen molar-refractivity contribution >= 4 is 32.4 Å². The maximum Gasteiger partial charge on any atom is 0.255 e. The summed E-state index contributed by atoms with van der Waals surface area (Å²) in [5.74, 6) is -0.295. The third-order valence-corrected chi connectivity index (χ3v) is 6.40. The minimum absolute atomic E-state index is 0.0724. The molecule has 2 N–H and O–H groups in total. The zero-order valence-corrected chi connectivity index (χ0v) is 16.6. The lowest BCUT2D eigenvalue weighted by Crippen LogP contribution is -2.31. The van der Waals surface area contributed by atoms with E-state index in [0.717, 1.165) is 23.6 Å². The molecule has 0 saturated carbocycles. The van der Waals surface area contributed by atoms with Crippen LogP contribution in [-0.2, 0) is 14.8 Å². The van der Waals surface area contributed by atoms with Gasteiger partial charge < -0.3 is 10.1 Å². The van der Waals surface area contributed by atoms with Gasteiger partial charge in [0.15, 0.2) is 0 Å². The van der Waals surface area contributed by atoms with Crippen molar-refractivity contribution < 1.29 is 17.9 Å². The molecule has 3 aromatic rings. The van der Waals surface area contributed by atoms with Crippen molar-refractivity contribution in [3.05, 3.63) is 72.3 Å². The molecule has 1 saturated heterocycles. The number of rotatable bonds is 6. The first-order valence-corrected chi connectivity index (χ1v) is 11.0. The molecule has 4 rings (SSSR count). The van der Waals surface area contributed by atoms with Crippen molar-refractivity contribution in [1.29, 1.82) is 0 Å². The number of sulfonamides is 1. The molecule has 1 aliphatic heterocycles. The Balaban J connectivity index is 1.42. The van der Waals surface area contributed by atoms with Crippen LogP contribution in [0.5, 0.6) is 0 Å². The Morgan fingerprint density at radius 3 is 2.48 bits per heavy atom. The molecule has 0 spiro atoms. The number of fused-ring (bicyclic) bond motifs is 1. The highest BCUT2D eigenvalue weighted by Crippen LogP contribution is 2.20. The quantitative estimate of drug-likeness (QED) is 0.651. The number of hydrogen-bond donors (Lipinski definition) is 2. The van der Waals surface area contributed by atoms with Crippen molar-refractivity contribution in [2.45, 2.75) is 23.8 Å². The Morgan fingerprint density at radius 1 is 1.00 bits per heavy atom. The summed E-state index contributed by atoms with van der Waals surface area (Å²) in [4.78, 5) is 12.6. The summed E-state index contributed by atoms with van der Waals surface area (Å²) in [7, 11) is -3.64. The molecule has 1 atom stereocenters. The third kappa shape index (κ3) is 4.64. The molecule has 1 heterocycles. The van der Waals surface area contributed by atoms with Crippen LogP contribution in [0, 0.1) is 0 Å². The molecule has 1 unspecified atom stereocenters. The van der Waals surface area contributed by atoms with Gasteiger partial charge in [-0.2, -0.15) is 0 Å². The predicted molar refractivity (Wildman–Crippen MR) is 113 cm³/mol. The molecule has 1 aliphatic rings. The van der Waals surface area contributed by atoms with Crippen LogP contribution in [0.2, 0.25) is 0 Å². The largest absolute Gasteiger partial charge is 0.377 e. The number of carbonyl (C=O) groups is 1. The Morgan fingerprint density at radius 2 is 1.76 bits per heavy atom. The van der Waals surface area contributed by atoms with Gasteiger partial charge >= 0.3 is 0 Å². The van der Waals surface area contributed by atoms with E-state index in [0.29, 0.717) is 17.9 Å². The van der Waals surface area contributed by atoms with E-state index in [1.165, 1.54) is 24.3 Å². The zero-order chi connectivity index (χ0) is 20.3. The van der Waals surface area contributed by atoms with E-state index in [1.807, 2.05) is 42.5 Å². The van der Waals surface area contributed by atoms with Crippen molar-refractivity contribution in [2.24, 2.45) is 0 Å². The molecule has 150 valence electrons. The molecule has 1 amide bonds. The average Bonchev–Trinajstić information content (AvgIpc) is 3.26. The molecule has 7 heteroatoms. The molecule has 0 aromatic heterocycles. The van der Waals surface area contributed by atoms with Crippen molar-refractivity contribution in [3.63, 3.8) is 0 Å². The van der Waals surface area contributed by atoms with Crippen LogP contribution in [0.25, 0.3) is 10.8 Å². The van der Waals surface area contributed by atoms with Crippen LogP contribution >= 0.6 is 0 Å². The predicted octanol–water partition coefficient (Wildman–Crippen LogP) is 3.55. The highest BCUT2D eigenvalue weighted by molar-refractivity contribution is 7.89. The third-order valence-electron chi connectivity index (χ3n) is 4.96. The van der Waals surface area contributed by atoms with Crippen LogP contribution in [0.15, 0.2) is 71.6 Å². The molecule has 6 nitrogen and oxygen atoms in total. The van der Waals surface area contributed by atoms with Gasteiger partial charge in [-0.15, -0.1) is 0 Å². The minimum atomic E-state index is -3.64. The second-order valence-corrected chi connectivity index (χ2v) is 8.79. The van der Waals surface area contributed by atoms with Gasteiger partial charge in [-0.1, -0.05) is 30.3 Å². The smallest absolute Gasteiger partial charge is 0.255 e. The summed E-state index contributed by atoms with van der Waals surface area (Å²) < 4.78 is 32.8. The molecule has 0 aliphatic carbocycles. The molecular formula is C22H22N2O4S. The number of amides is 1. The molecular weight excluding hydrogens is 388 g/mol. The molecule has 29 heavy (non-hydrogen) atoms. The molecule has 1 fully saturated rings. The van der Waals surface area contributed by atoms with Crippen LogP contribution in [-0.4, -0.2) is 33.6 Å². The van der Waals surface area contributed by atoms with Gasteiger partial charge in [-0.25, -0.2) is 13.1 Å². The highest BCUT2D eigenvalue weighted by Gasteiger charge is 2.20. The van der Waals surface area contributed by atoms with Crippen LogP contribution in [0.4, 0.5) is 5.69 Å². The summed E-state index contributed by atoms with van der Waals surface area (Å²) in [5, 5.41) is 4.97. The van der Waals surface area contributed by atoms with E-state index in [4.69, 9.17) is 4.74 Å². The van der Waals surface area contributed by atoms with E-state index >= 15 is 0 Å². The number of carbonyl (C=O) groups excluding carboxylic acids is 1. The van der Waals surface area contributed by atoms with E-state index < -0.39 is 10.0 Å². The Kier molecular flexibility index (Phi) is 5.62. The maximum absolute atomic E-state index is 12.5. The lowest BCUT2D eigenvalue weighted by atomic mass is 10.1. The van der Waals surface area contributed by atoms with Gasteiger partial charge in [0.2, 0.25) is 10.0 Å². The molecule has 0 radical (unpaired) electrons. The number of hydrogen-bond acceptors (Lipinski definition) is 4. The lowest BCUT2D eigenvalue weighted by Gasteiger charge is -2.12. The summed E-state index contributed by atoms with van der Waals surface area (Å²) in [6.07, 6.45) is 1.74. The Labute approximate surface area is 169 Å². The fourth-order valence-electron chi connectivity index (χ4n) is 3.35. The fraction of sp³-hybridized carbons (Fsp3) is 0.227. The number of anilines is 1. The van der Waals surface area contributed by atoms with Crippen LogP contribution in [0.3, 0.4) is 0 Å². The van der Waals surface area contributed by atoms with Gasteiger partial charge in [-0.3, -0.25) is 4.79 Å². The van der Waals surface area contributed by atoms with Gasteiger partial charge in [0, 0.05) is 24.4 Å². The topological polar surface area (TPSA) is 84.5 Å². The monoisotopic (exact) mass is 410 g/mol. The molecule has 3 aromatic carbocycles. The maximum atomic E-state index is 12.5. The summed E-state index contributed by atoms with van der Waals surface area (Å²) in [5.41, 5.74) is 1.07. The second kappa shape index (κ2) is 8.32. The van der Waals surface area contributed by atoms with E-state index in [9.17, 15) is 13.2 Å².